The highest BCUT2D eigenvalue weighted by Gasteiger charge is 2.54. The molecule has 31 heavy (non-hydrogen) atoms. The fraction of sp³-hybridized carbons (Fsp3) is 0.417. The van der Waals surface area contributed by atoms with Crippen LogP contribution in [-0.4, -0.2) is 68.5 Å². The molecule has 2 saturated heterocycles. The largest absolute Gasteiger partial charge is 0.394 e. The summed E-state index contributed by atoms with van der Waals surface area (Å²) >= 11 is 0. The zero-order chi connectivity index (χ0) is 21.4. The Bertz CT molecular complexity index is 1010. The molecule has 1 N–H and O–H groups in total. The Morgan fingerprint density at radius 2 is 2.00 bits per heavy atom. The van der Waals surface area contributed by atoms with Gasteiger partial charge in [-0.1, -0.05) is 30.3 Å². The van der Waals surface area contributed by atoms with Crippen molar-refractivity contribution in [2.75, 3.05) is 19.7 Å². The lowest BCUT2D eigenvalue weighted by Gasteiger charge is -2.58. The van der Waals surface area contributed by atoms with E-state index in [4.69, 9.17) is 0 Å². The number of hydrogen-bond acceptors (Lipinski definition) is 5. The fourth-order valence-electron chi connectivity index (χ4n) is 5.25. The van der Waals surface area contributed by atoms with E-state index in [1.807, 2.05) is 0 Å². The summed E-state index contributed by atoms with van der Waals surface area (Å²) in [5.74, 6) is -0.416. The molecule has 7 nitrogen and oxygen atoms in total. The van der Waals surface area contributed by atoms with E-state index in [1.165, 1.54) is 42.6 Å². The first kappa shape index (κ1) is 19.9. The van der Waals surface area contributed by atoms with E-state index in [0.717, 1.165) is 18.4 Å². The quantitative estimate of drug-likeness (QED) is 0.823. The van der Waals surface area contributed by atoms with Crippen LogP contribution in [0.5, 0.6) is 0 Å². The van der Waals surface area contributed by atoms with E-state index in [9.17, 15) is 14.7 Å². The average Bonchev–Trinajstić information content (AvgIpc) is 2.81. The second-order valence-electron chi connectivity index (χ2n) is 8.52. The van der Waals surface area contributed by atoms with Gasteiger partial charge in [0.2, 0.25) is 5.91 Å². The summed E-state index contributed by atoms with van der Waals surface area (Å²) in [6, 6.07) is 8.14. The third kappa shape index (κ3) is 3.53. The molecule has 2 aromatic rings. The maximum absolute atomic E-state index is 12.8. The SMILES string of the molecule is O=C(c1cnccn1)N1CC(=O)N2[C@H](CO)[C@H](c3ccc(C4=CCCCC4)cc3)[C@@H]2C1. The first-order chi connectivity index (χ1) is 15.2. The Morgan fingerprint density at radius 3 is 2.68 bits per heavy atom. The minimum absolute atomic E-state index is 0.000734. The Morgan fingerprint density at radius 1 is 1.16 bits per heavy atom. The van der Waals surface area contributed by atoms with Crippen molar-refractivity contribution >= 4 is 17.4 Å². The smallest absolute Gasteiger partial charge is 0.274 e. The number of benzene rings is 1. The van der Waals surface area contributed by atoms with Crippen molar-refractivity contribution in [3.8, 4) is 0 Å². The van der Waals surface area contributed by atoms with E-state index in [1.54, 1.807) is 9.80 Å². The van der Waals surface area contributed by atoms with E-state index < -0.39 is 0 Å². The number of rotatable bonds is 4. The van der Waals surface area contributed by atoms with Crippen LogP contribution >= 0.6 is 0 Å². The van der Waals surface area contributed by atoms with Crippen LogP contribution in [0, 0.1) is 0 Å². The lowest BCUT2D eigenvalue weighted by Crippen LogP contribution is -2.73. The molecular formula is C24H26N4O3. The lowest BCUT2D eigenvalue weighted by molar-refractivity contribution is -0.159. The molecule has 1 aromatic carbocycles. The molecule has 0 bridgehead atoms. The summed E-state index contributed by atoms with van der Waals surface area (Å²) in [6.45, 7) is 0.343. The number of piperazine rings is 1. The molecule has 7 heteroatoms. The zero-order valence-corrected chi connectivity index (χ0v) is 17.4. The number of carbonyl (C=O) groups is 2. The molecule has 3 heterocycles. The van der Waals surface area contributed by atoms with Crippen LogP contribution in [0.4, 0.5) is 0 Å². The number of fused-ring (bicyclic) bond motifs is 1. The number of amides is 2. The van der Waals surface area contributed by atoms with Gasteiger partial charge in [-0.05, 0) is 42.4 Å². The van der Waals surface area contributed by atoms with Gasteiger partial charge >= 0.3 is 0 Å². The maximum Gasteiger partial charge on any atom is 0.274 e. The molecule has 2 amide bonds. The zero-order valence-electron chi connectivity index (χ0n) is 17.4. The van der Waals surface area contributed by atoms with Gasteiger partial charge in [0.25, 0.3) is 5.91 Å². The maximum atomic E-state index is 12.8. The average molecular weight is 418 g/mol. The third-order valence-corrected chi connectivity index (χ3v) is 6.78. The number of allylic oxidation sites excluding steroid dienone is 2. The molecule has 0 spiro atoms. The molecule has 160 valence electrons. The van der Waals surface area contributed by atoms with Gasteiger partial charge in [0.15, 0.2) is 0 Å². The number of aliphatic hydroxyl groups is 1. The van der Waals surface area contributed by atoms with Crippen molar-refractivity contribution < 1.29 is 14.7 Å². The number of nitrogens with zero attached hydrogens (tertiary/aromatic N) is 4. The van der Waals surface area contributed by atoms with Crippen LogP contribution in [0.2, 0.25) is 0 Å². The summed E-state index contributed by atoms with van der Waals surface area (Å²) in [6.07, 6.45) is 11.5. The van der Waals surface area contributed by atoms with Crippen molar-refractivity contribution in [3.63, 3.8) is 0 Å². The first-order valence-electron chi connectivity index (χ1n) is 10.9. The second-order valence-corrected chi connectivity index (χ2v) is 8.52. The number of hydrogen-bond donors (Lipinski definition) is 1. The van der Waals surface area contributed by atoms with Crippen molar-refractivity contribution in [2.45, 2.75) is 43.7 Å². The van der Waals surface area contributed by atoms with E-state index in [-0.39, 0.29) is 48.7 Å². The Labute approximate surface area is 181 Å². The van der Waals surface area contributed by atoms with Crippen LogP contribution in [-0.2, 0) is 4.79 Å². The molecule has 5 rings (SSSR count). The van der Waals surface area contributed by atoms with Gasteiger partial charge in [0, 0.05) is 24.9 Å². The van der Waals surface area contributed by atoms with Gasteiger partial charge in [-0.2, -0.15) is 0 Å². The monoisotopic (exact) mass is 418 g/mol. The molecule has 2 aliphatic heterocycles. The Hall–Kier alpha value is -3.06. The van der Waals surface area contributed by atoms with Crippen LogP contribution in [0.3, 0.4) is 0 Å². The molecular weight excluding hydrogens is 392 g/mol. The Balaban J connectivity index is 1.37. The summed E-state index contributed by atoms with van der Waals surface area (Å²) < 4.78 is 0. The molecule has 0 unspecified atom stereocenters. The third-order valence-electron chi connectivity index (χ3n) is 6.78. The summed E-state index contributed by atoms with van der Waals surface area (Å²) in [5.41, 5.74) is 3.99. The molecule has 0 saturated carbocycles. The first-order valence-corrected chi connectivity index (χ1v) is 10.9. The van der Waals surface area contributed by atoms with E-state index in [0.29, 0.717) is 6.54 Å². The number of aromatic nitrogens is 2. The van der Waals surface area contributed by atoms with E-state index >= 15 is 0 Å². The normalized spacial score (nSPS) is 25.5. The van der Waals surface area contributed by atoms with Gasteiger partial charge in [-0.3, -0.25) is 14.6 Å². The van der Waals surface area contributed by atoms with Crippen LogP contribution in [0.15, 0.2) is 48.9 Å². The van der Waals surface area contributed by atoms with Crippen molar-refractivity contribution in [3.05, 3.63) is 65.8 Å². The van der Waals surface area contributed by atoms with Crippen molar-refractivity contribution in [1.29, 1.82) is 0 Å². The van der Waals surface area contributed by atoms with Crippen LogP contribution < -0.4 is 0 Å². The lowest BCUT2D eigenvalue weighted by atomic mass is 9.73. The predicted molar refractivity (Wildman–Crippen MR) is 115 cm³/mol. The highest BCUT2D eigenvalue weighted by Crippen LogP contribution is 2.43. The topological polar surface area (TPSA) is 86.6 Å². The van der Waals surface area contributed by atoms with Gasteiger partial charge in [0.1, 0.15) is 12.2 Å². The molecule has 0 radical (unpaired) electrons. The fourth-order valence-corrected chi connectivity index (χ4v) is 5.25. The predicted octanol–water partition coefficient (Wildman–Crippen LogP) is 2.25. The molecule has 3 aliphatic rings. The van der Waals surface area contributed by atoms with E-state index in [2.05, 4.69) is 40.3 Å². The Kier molecular flexibility index (Phi) is 5.28. The van der Waals surface area contributed by atoms with Gasteiger partial charge in [-0.15, -0.1) is 0 Å². The highest BCUT2D eigenvalue weighted by atomic mass is 16.3. The number of aliphatic hydroxyl groups excluding tert-OH is 1. The van der Waals surface area contributed by atoms with Gasteiger partial charge in [-0.25, -0.2) is 4.98 Å². The standard InChI is InChI=1S/C24H26N4O3/c29-15-21-23(18-8-6-17(7-9-18)16-4-2-1-3-5-16)20-13-27(14-22(30)28(20)21)24(31)19-12-25-10-11-26-19/h4,6-12,20-21,23,29H,1-3,5,13-15H2/t20-,21+,23+/m0/s1. The highest BCUT2D eigenvalue weighted by molar-refractivity contribution is 5.96. The van der Waals surface area contributed by atoms with Crippen molar-refractivity contribution in [2.24, 2.45) is 0 Å². The summed E-state index contributed by atoms with van der Waals surface area (Å²) in [5, 5.41) is 9.98. The molecule has 1 aliphatic carbocycles. The minimum Gasteiger partial charge on any atom is -0.394 e. The second kappa shape index (κ2) is 8.23. The van der Waals surface area contributed by atoms with Crippen LogP contribution in [0.25, 0.3) is 5.57 Å². The van der Waals surface area contributed by atoms with Gasteiger partial charge < -0.3 is 14.9 Å². The van der Waals surface area contributed by atoms with Crippen molar-refractivity contribution in [1.82, 2.24) is 19.8 Å². The number of carbonyl (C=O) groups excluding carboxylic acids is 2. The molecule has 1 aromatic heterocycles. The molecule has 2 fully saturated rings. The summed E-state index contributed by atoms with van der Waals surface area (Å²) in [7, 11) is 0. The van der Waals surface area contributed by atoms with Crippen LogP contribution in [0.1, 0.15) is 53.2 Å². The van der Waals surface area contributed by atoms with Gasteiger partial charge in [0.05, 0.1) is 24.9 Å². The molecule has 3 atom stereocenters. The minimum atomic E-state index is -0.285. The summed E-state index contributed by atoms with van der Waals surface area (Å²) in [4.78, 5) is 37.0.